The number of amides is 3. The molecule has 4 aromatic rings. The largest absolute Gasteiger partial charge is 0.360 e. The molecule has 1 aromatic heterocycles. The molecule has 1 heterocycles. The molecule has 204 valence electrons. The topological polar surface area (TPSA) is 105 Å². The third-order valence-corrected chi connectivity index (χ3v) is 6.30. The van der Waals surface area contributed by atoms with Crippen LogP contribution in [0.3, 0.4) is 0 Å². The van der Waals surface area contributed by atoms with E-state index >= 15 is 0 Å². The molecular weight excluding hydrogens is 504 g/mol. The van der Waals surface area contributed by atoms with Crippen molar-refractivity contribution < 1.29 is 18.9 Å². The van der Waals surface area contributed by atoms with E-state index in [1.165, 1.54) is 4.90 Å². The van der Waals surface area contributed by atoms with E-state index in [0.717, 1.165) is 28.8 Å². The van der Waals surface area contributed by atoms with Gasteiger partial charge in [-0.25, -0.2) is 0 Å². The van der Waals surface area contributed by atoms with Crippen LogP contribution >= 0.6 is 0 Å². The maximum Gasteiger partial charge on any atom is 0.252 e. The van der Waals surface area contributed by atoms with Crippen LogP contribution in [0, 0.1) is 20.8 Å². The van der Waals surface area contributed by atoms with Crippen LogP contribution in [0.5, 0.6) is 0 Å². The lowest BCUT2D eigenvalue weighted by Crippen LogP contribution is -2.44. The van der Waals surface area contributed by atoms with Gasteiger partial charge in [0.2, 0.25) is 11.8 Å². The number of hydrogen-bond donors (Lipinski definition) is 2. The quantitative estimate of drug-likeness (QED) is 0.270. The summed E-state index contributed by atoms with van der Waals surface area (Å²) in [5.74, 6) is -0.614. The highest BCUT2D eigenvalue weighted by atomic mass is 16.5. The molecule has 0 aliphatic heterocycles. The van der Waals surface area contributed by atoms with Crippen LogP contribution in [-0.2, 0) is 20.8 Å². The van der Waals surface area contributed by atoms with Crippen LogP contribution in [0.4, 0.5) is 11.5 Å². The Balaban J connectivity index is 1.66. The third-order valence-electron chi connectivity index (χ3n) is 6.30. The molecule has 0 bridgehead atoms. The van der Waals surface area contributed by atoms with Crippen LogP contribution < -0.4 is 15.5 Å². The minimum absolute atomic E-state index is 0.242. The van der Waals surface area contributed by atoms with Crippen LogP contribution in [0.1, 0.15) is 34.1 Å². The number of benzene rings is 3. The van der Waals surface area contributed by atoms with Gasteiger partial charge < -0.3 is 15.2 Å². The predicted octanol–water partition coefficient (Wildman–Crippen LogP) is 5.23. The van der Waals surface area contributed by atoms with Gasteiger partial charge in [0, 0.05) is 30.5 Å². The lowest BCUT2D eigenvalue weighted by atomic mass is 10.0. The van der Waals surface area contributed by atoms with Crippen molar-refractivity contribution in [1.82, 2.24) is 10.5 Å². The van der Waals surface area contributed by atoms with Gasteiger partial charge in [0.15, 0.2) is 5.82 Å². The zero-order valence-electron chi connectivity index (χ0n) is 22.8. The number of carbonyl (C=O) groups excluding carboxylic acids is 3. The van der Waals surface area contributed by atoms with Crippen LogP contribution in [0.25, 0.3) is 0 Å². The molecule has 0 fully saturated rings. The molecule has 8 heteroatoms. The summed E-state index contributed by atoms with van der Waals surface area (Å²) < 4.78 is 4.97. The Bertz CT molecular complexity index is 1500. The van der Waals surface area contributed by atoms with Gasteiger partial charge in [0.1, 0.15) is 11.8 Å². The number of hydrogen-bond acceptors (Lipinski definition) is 5. The number of aryl methyl sites for hydroxylation is 3. The number of aromatic nitrogens is 1. The minimum Gasteiger partial charge on any atom is -0.360 e. The van der Waals surface area contributed by atoms with Gasteiger partial charge >= 0.3 is 0 Å². The van der Waals surface area contributed by atoms with E-state index in [4.69, 9.17) is 4.52 Å². The predicted molar refractivity (Wildman–Crippen MR) is 155 cm³/mol. The number of nitrogens with zero attached hydrogens (tertiary/aromatic N) is 2. The van der Waals surface area contributed by atoms with Crippen molar-refractivity contribution in [2.45, 2.75) is 33.2 Å². The molecule has 1 atom stereocenters. The minimum atomic E-state index is -0.976. The molecule has 40 heavy (non-hydrogen) atoms. The summed E-state index contributed by atoms with van der Waals surface area (Å²) in [6.07, 6.45) is 2.93. The van der Waals surface area contributed by atoms with Gasteiger partial charge in [0.25, 0.3) is 5.91 Å². The molecule has 2 N–H and O–H groups in total. The number of carbonyl (C=O) groups is 3. The number of nitrogens with one attached hydrogen (secondary N) is 2. The van der Waals surface area contributed by atoms with E-state index in [-0.39, 0.29) is 11.7 Å². The van der Waals surface area contributed by atoms with Crippen LogP contribution in [-0.4, -0.2) is 29.4 Å². The maximum absolute atomic E-state index is 13.8. The molecule has 3 amide bonds. The molecule has 3 aromatic carbocycles. The average molecular weight is 537 g/mol. The van der Waals surface area contributed by atoms with Gasteiger partial charge in [0.05, 0.1) is 0 Å². The summed E-state index contributed by atoms with van der Waals surface area (Å²) in [5.41, 5.74) is 4.06. The van der Waals surface area contributed by atoms with E-state index in [1.54, 1.807) is 13.0 Å². The van der Waals surface area contributed by atoms with Gasteiger partial charge in [-0.1, -0.05) is 78.0 Å². The van der Waals surface area contributed by atoms with Crippen molar-refractivity contribution in [3.63, 3.8) is 0 Å². The Kier molecular flexibility index (Phi) is 9.25. The maximum atomic E-state index is 13.8. The average Bonchev–Trinajstić information content (AvgIpc) is 3.36. The first-order valence-corrected chi connectivity index (χ1v) is 13.0. The Labute approximate surface area is 233 Å². The Hall–Kier alpha value is -4.98. The van der Waals surface area contributed by atoms with Gasteiger partial charge in [-0.05, 0) is 55.5 Å². The first-order valence-electron chi connectivity index (χ1n) is 13.0. The fourth-order valence-corrected chi connectivity index (χ4v) is 4.31. The standard InChI is InChI=1S/C32H32N4O4/c1-22-14-15-23(2)27(20-22)36(30(38)17-16-29(37)34-28-21-24(3)40-35-28)31(26-12-8-5-9-13-26)32(39)33-19-18-25-10-6-4-7-11-25/h4-17,20-21,31H,18-19H2,1-3H3,(H,33,39)(H,34,35,37)/b17-16+/t31-/m0/s1. The zero-order chi connectivity index (χ0) is 28.5. The second-order valence-corrected chi connectivity index (χ2v) is 9.48. The Morgan fingerprint density at radius 1 is 0.900 bits per heavy atom. The van der Waals surface area contributed by atoms with Crippen LogP contribution in [0.2, 0.25) is 0 Å². The molecule has 0 spiro atoms. The number of anilines is 2. The zero-order valence-corrected chi connectivity index (χ0v) is 22.8. The highest BCUT2D eigenvalue weighted by Crippen LogP contribution is 2.31. The van der Waals surface area contributed by atoms with E-state index in [0.29, 0.717) is 30.0 Å². The molecule has 0 aliphatic carbocycles. The summed E-state index contributed by atoms with van der Waals surface area (Å²) in [7, 11) is 0. The SMILES string of the molecule is Cc1ccc(C)c(N(C(=O)/C=C/C(=O)Nc2cc(C)on2)[C@H](C(=O)NCCc2ccccc2)c2ccccc2)c1. The monoisotopic (exact) mass is 536 g/mol. The molecule has 0 unspecified atom stereocenters. The van der Waals surface area contributed by atoms with E-state index in [9.17, 15) is 14.4 Å². The normalized spacial score (nSPS) is 11.7. The lowest BCUT2D eigenvalue weighted by Gasteiger charge is -2.32. The Morgan fingerprint density at radius 2 is 1.60 bits per heavy atom. The third kappa shape index (κ3) is 7.32. The second-order valence-electron chi connectivity index (χ2n) is 9.48. The van der Waals surface area contributed by atoms with Crippen molar-refractivity contribution in [1.29, 1.82) is 0 Å². The van der Waals surface area contributed by atoms with E-state index < -0.39 is 17.9 Å². The summed E-state index contributed by atoms with van der Waals surface area (Å²) >= 11 is 0. The van der Waals surface area contributed by atoms with Gasteiger partial charge in [-0.15, -0.1) is 0 Å². The van der Waals surface area contributed by atoms with Crippen LogP contribution in [0.15, 0.2) is 102 Å². The van der Waals surface area contributed by atoms with E-state index in [2.05, 4.69) is 15.8 Å². The summed E-state index contributed by atoms with van der Waals surface area (Å²) in [5, 5.41) is 9.32. The lowest BCUT2D eigenvalue weighted by molar-refractivity contribution is -0.125. The molecule has 0 saturated heterocycles. The molecule has 0 radical (unpaired) electrons. The molecule has 4 rings (SSSR count). The van der Waals surface area contributed by atoms with Gasteiger partial charge in [-0.2, -0.15) is 0 Å². The van der Waals surface area contributed by atoms with Crippen molar-refractivity contribution in [3.8, 4) is 0 Å². The summed E-state index contributed by atoms with van der Waals surface area (Å²) in [6.45, 7) is 5.91. The fourth-order valence-electron chi connectivity index (χ4n) is 4.31. The second kappa shape index (κ2) is 13.2. The highest BCUT2D eigenvalue weighted by Gasteiger charge is 2.32. The molecule has 0 aliphatic rings. The van der Waals surface area contributed by atoms with Crippen molar-refractivity contribution in [2.75, 3.05) is 16.8 Å². The molecular formula is C32H32N4O4. The number of rotatable bonds is 10. The van der Waals surface area contributed by atoms with Gasteiger partial charge in [-0.3, -0.25) is 19.3 Å². The summed E-state index contributed by atoms with van der Waals surface area (Å²) in [6, 6.07) is 25.3. The summed E-state index contributed by atoms with van der Waals surface area (Å²) in [4.78, 5) is 41.6. The fraction of sp³-hybridized carbons (Fsp3) is 0.188. The molecule has 8 nitrogen and oxygen atoms in total. The van der Waals surface area contributed by atoms with Crippen molar-refractivity contribution >= 4 is 29.2 Å². The van der Waals surface area contributed by atoms with Crippen molar-refractivity contribution in [3.05, 3.63) is 125 Å². The first kappa shape index (κ1) is 28.0. The first-order chi connectivity index (χ1) is 19.3. The Morgan fingerprint density at radius 3 is 2.27 bits per heavy atom. The smallest absolute Gasteiger partial charge is 0.252 e. The molecule has 0 saturated carbocycles. The highest BCUT2D eigenvalue weighted by molar-refractivity contribution is 6.10. The van der Waals surface area contributed by atoms with E-state index in [1.807, 2.05) is 92.7 Å². The van der Waals surface area contributed by atoms with Crippen molar-refractivity contribution in [2.24, 2.45) is 0 Å².